The highest BCUT2D eigenvalue weighted by atomic mass is 14.8. The Balaban J connectivity index is 2.67. The van der Waals surface area contributed by atoms with Crippen molar-refractivity contribution < 1.29 is 0 Å². The second-order valence-electron chi connectivity index (χ2n) is 3.89. The molecule has 0 unspecified atom stereocenters. The summed E-state index contributed by atoms with van der Waals surface area (Å²) in [5.41, 5.74) is 3.42. The molecule has 1 aromatic heterocycles. The van der Waals surface area contributed by atoms with Crippen molar-refractivity contribution in [2.75, 3.05) is 0 Å². The lowest BCUT2D eigenvalue weighted by atomic mass is 10.0. The molecule has 0 amide bonds. The van der Waals surface area contributed by atoms with Gasteiger partial charge in [-0.3, -0.25) is 0 Å². The summed E-state index contributed by atoms with van der Waals surface area (Å²) in [5.74, 6) is 0.551. The molecule has 0 saturated heterocycles. The lowest BCUT2D eigenvalue weighted by Gasteiger charge is -2.06. The Morgan fingerprint density at radius 3 is 2.64 bits per heavy atom. The highest BCUT2D eigenvalue weighted by molar-refractivity contribution is 5.81. The molecule has 0 bridgehead atoms. The van der Waals surface area contributed by atoms with Crippen molar-refractivity contribution in [3.8, 4) is 0 Å². The van der Waals surface area contributed by atoms with E-state index >= 15 is 0 Å². The molecule has 0 spiro atoms. The fraction of sp³-hybridized carbons (Fsp3) is 0.333. The van der Waals surface area contributed by atoms with Crippen LogP contribution in [0.2, 0.25) is 0 Å². The predicted octanol–water partition coefficient (Wildman–Crippen LogP) is 3.06. The number of fused-ring (bicyclic) bond motifs is 1. The van der Waals surface area contributed by atoms with Gasteiger partial charge in [-0.25, -0.2) is 9.97 Å². The molecule has 2 heteroatoms. The molecule has 2 aromatic rings. The van der Waals surface area contributed by atoms with Crippen LogP contribution in [-0.2, 0) is 0 Å². The van der Waals surface area contributed by atoms with Crippen LogP contribution >= 0.6 is 0 Å². The maximum Gasteiger partial charge on any atom is 0.116 e. The molecule has 0 aliphatic rings. The van der Waals surface area contributed by atoms with Gasteiger partial charge in [0, 0.05) is 11.1 Å². The first-order chi connectivity index (χ1) is 6.68. The minimum atomic E-state index is 0.551. The normalized spacial score (nSPS) is 11.1. The van der Waals surface area contributed by atoms with Gasteiger partial charge in [0.2, 0.25) is 0 Å². The Labute approximate surface area is 84.0 Å². The molecule has 14 heavy (non-hydrogen) atoms. The van der Waals surface area contributed by atoms with E-state index in [1.54, 1.807) is 6.33 Å². The number of hydrogen-bond donors (Lipinski definition) is 0. The topological polar surface area (TPSA) is 25.8 Å². The molecular weight excluding hydrogens is 172 g/mol. The molecule has 0 radical (unpaired) electrons. The van der Waals surface area contributed by atoms with Gasteiger partial charge in [-0.1, -0.05) is 26.0 Å². The lowest BCUT2D eigenvalue weighted by molar-refractivity contribution is 0.868. The number of benzene rings is 1. The highest BCUT2D eigenvalue weighted by Crippen LogP contribution is 2.20. The average molecular weight is 186 g/mol. The Morgan fingerprint density at radius 2 is 1.93 bits per heavy atom. The molecule has 1 heterocycles. The van der Waals surface area contributed by atoms with E-state index in [-0.39, 0.29) is 0 Å². The maximum atomic E-state index is 4.27. The van der Waals surface area contributed by atoms with Crippen LogP contribution in [-0.4, -0.2) is 9.97 Å². The second-order valence-corrected chi connectivity index (χ2v) is 3.89. The van der Waals surface area contributed by atoms with Crippen LogP contribution in [0.1, 0.15) is 31.0 Å². The van der Waals surface area contributed by atoms with Crippen LogP contribution in [0.25, 0.3) is 10.9 Å². The molecule has 72 valence electrons. The zero-order valence-corrected chi connectivity index (χ0v) is 8.78. The fourth-order valence-electron chi connectivity index (χ4n) is 1.57. The van der Waals surface area contributed by atoms with Gasteiger partial charge in [-0.2, -0.15) is 0 Å². The van der Waals surface area contributed by atoms with Gasteiger partial charge < -0.3 is 0 Å². The Kier molecular flexibility index (Phi) is 2.20. The van der Waals surface area contributed by atoms with E-state index in [4.69, 9.17) is 0 Å². The molecule has 1 aromatic carbocycles. The molecule has 2 rings (SSSR count). The highest BCUT2D eigenvalue weighted by Gasteiger charge is 2.03. The average Bonchev–Trinajstić information content (AvgIpc) is 2.17. The van der Waals surface area contributed by atoms with E-state index in [1.807, 2.05) is 6.92 Å². The first-order valence-electron chi connectivity index (χ1n) is 4.90. The third-order valence-corrected chi connectivity index (χ3v) is 2.53. The Bertz CT molecular complexity index is 461. The quantitative estimate of drug-likeness (QED) is 0.684. The van der Waals surface area contributed by atoms with Crippen molar-refractivity contribution in [3.05, 3.63) is 35.8 Å². The smallest absolute Gasteiger partial charge is 0.116 e. The van der Waals surface area contributed by atoms with E-state index in [9.17, 15) is 0 Å². The van der Waals surface area contributed by atoms with Gasteiger partial charge in [0.25, 0.3) is 0 Å². The van der Waals surface area contributed by atoms with Gasteiger partial charge in [0.15, 0.2) is 0 Å². The predicted molar refractivity (Wildman–Crippen MR) is 58.4 cm³/mol. The van der Waals surface area contributed by atoms with Crippen LogP contribution in [0.3, 0.4) is 0 Å². The van der Waals surface area contributed by atoms with Crippen molar-refractivity contribution in [2.45, 2.75) is 26.7 Å². The zero-order valence-electron chi connectivity index (χ0n) is 8.78. The Hall–Kier alpha value is -1.44. The standard InChI is InChI=1S/C12H14N2/c1-8(2)10-4-5-11-9(3)13-7-14-12(11)6-10/h4-8H,1-3H3. The van der Waals surface area contributed by atoms with E-state index in [0.29, 0.717) is 5.92 Å². The third kappa shape index (κ3) is 1.48. The Morgan fingerprint density at radius 1 is 1.14 bits per heavy atom. The van der Waals surface area contributed by atoms with E-state index < -0.39 is 0 Å². The third-order valence-electron chi connectivity index (χ3n) is 2.53. The largest absolute Gasteiger partial charge is 0.241 e. The summed E-state index contributed by atoms with van der Waals surface area (Å²) in [5, 5.41) is 1.15. The first kappa shape index (κ1) is 9.13. The summed E-state index contributed by atoms with van der Waals surface area (Å²) in [4.78, 5) is 8.44. The number of nitrogens with zero attached hydrogens (tertiary/aromatic N) is 2. The molecule has 0 N–H and O–H groups in total. The van der Waals surface area contributed by atoms with Gasteiger partial charge in [-0.15, -0.1) is 0 Å². The van der Waals surface area contributed by atoms with Crippen molar-refractivity contribution in [2.24, 2.45) is 0 Å². The molecular formula is C12H14N2. The SMILES string of the molecule is Cc1ncnc2cc(C(C)C)ccc12. The van der Waals surface area contributed by atoms with Gasteiger partial charge >= 0.3 is 0 Å². The molecule has 0 aliphatic heterocycles. The van der Waals surface area contributed by atoms with E-state index in [1.165, 1.54) is 5.56 Å². The van der Waals surface area contributed by atoms with Crippen molar-refractivity contribution in [1.82, 2.24) is 9.97 Å². The summed E-state index contributed by atoms with van der Waals surface area (Å²) >= 11 is 0. The number of rotatable bonds is 1. The van der Waals surface area contributed by atoms with Gasteiger partial charge in [0.1, 0.15) is 6.33 Å². The fourth-order valence-corrected chi connectivity index (χ4v) is 1.57. The van der Waals surface area contributed by atoms with Crippen molar-refractivity contribution in [3.63, 3.8) is 0 Å². The van der Waals surface area contributed by atoms with Crippen molar-refractivity contribution >= 4 is 10.9 Å². The zero-order chi connectivity index (χ0) is 10.1. The molecule has 0 fully saturated rings. The van der Waals surface area contributed by atoms with Gasteiger partial charge in [0.05, 0.1) is 5.52 Å². The first-order valence-corrected chi connectivity index (χ1v) is 4.90. The number of aryl methyl sites for hydroxylation is 1. The summed E-state index contributed by atoms with van der Waals surface area (Å²) in [6, 6.07) is 6.41. The van der Waals surface area contributed by atoms with Crippen LogP contribution in [0.5, 0.6) is 0 Å². The van der Waals surface area contributed by atoms with E-state index in [0.717, 1.165) is 16.6 Å². The van der Waals surface area contributed by atoms with Crippen LogP contribution in [0, 0.1) is 6.92 Å². The van der Waals surface area contributed by atoms with Crippen LogP contribution < -0.4 is 0 Å². The number of aromatic nitrogens is 2. The minimum absolute atomic E-state index is 0.551. The lowest BCUT2D eigenvalue weighted by Crippen LogP contribution is -1.91. The molecule has 2 nitrogen and oxygen atoms in total. The molecule has 0 atom stereocenters. The summed E-state index contributed by atoms with van der Waals surface area (Å²) in [6.07, 6.45) is 1.63. The summed E-state index contributed by atoms with van der Waals surface area (Å²) in [6.45, 7) is 6.39. The minimum Gasteiger partial charge on any atom is -0.241 e. The van der Waals surface area contributed by atoms with Gasteiger partial charge in [-0.05, 0) is 24.5 Å². The molecule has 0 saturated carbocycles. The summed E-state index contributed by atoms with van der Waals surface area (Å²) < 4.78 is 0. The summed E-state index contributed by atoms with van der Waals surface area (Å²) in [7, 11) is 0. The maximum absolute atomic E-state index is 4.27. The molecule has 0 aliphatic carbocycles. The van der Waals surface area contributed by atoms with E-state index in [2.05, 4.69) is 42.0 Å². The number of hydrogen-bond acceptors (Lipinski definition) is 2. The van der Waals surface area contributed by atoms with Crippen LogP contribution in [0.4, 0.5) is 0 Å². The second kappa shape index (κ2) is 3.37. The van der Waals surface area contributed by atoms with Crippen molar-refractivity contribution in [1.29, 1.82) is 0 Å². The monoisotopic (exact) mass is 186 g/mol. The van der Waals surface area contributed by atoms with Crippen LogP contribution in [0.15, 0.2) is 24.5 Å².